The van der Waals surface area contributed by atoms with Crippen molar-refractivity contribution in [2.75, 3.05) is 13.6 Å². The van der Waals surface area contributed by atoms with Crippen LogP contribution < -0.4 is 5.32 Å². The van der Waals surface area contributed by atoms with Crippen molar-refractivity contribution in [3.8, 4) is 0 Å². The van der Waals surface area contributed by atoms with Gasteiger partial charge in [-0.3, -0.25) is 14.4 Å². The summed E-state index contributed by atoms with van der Waals surface area (Å²) in [5, 5.41) is 2.89. The quantitative estimate of drug-likeness (QED) is 0.668. The number of hydrogen-bond acceptors (Lipinski definition) is 4. The third kappa shape index (κ3) is 6.73. The van der Waals surface area contributed by atoms with Gasteiger partial charge in [0.2, 0.25) is 0 Å². The number of ether oxygens (including phenoxy) is 1. The first-order valence-corrected chi connectivity index (χ1v) is 9.35. The second kappa shape index (κ2) is 10.2. The van der Waals surface area contributed by atoms with Crippen LogP contribution in [-0.2, 0) is 20.9 Å². The Morgan fingerprint density at radius 3 is 2.55 bits per heavy atom. The molecule has 0 aliphatic rings. The molecule has 0 heterocycles. The molecule has 1 unspecified atom stereocenters. The standard InChI is InChI=1S/C20H19Cl2FN2O4/c1-12(20(28)25(2)11-13-4-3-5-15(23)8-13)29-18(26)10-24-19(27)16-7-6-14(21)9-17(16)22/h3-9,12H,10-11H2,1-2H3,(H,24,27). The third-order valence-corrected chi connectivity index (χ3v) is 4.46. The Bertz CT molecular complexity index is 923. The van der Waals surface area contributed by atoms with Crippen LogP contribution >= 0.6 is 23.2 Å². The molecule has 0 saturated carbocycles. The molecular formula is C20H19Cl2FN2O4. The second-order valence-electron chi connectivity index (χ2n) is 6.26. The summed E-state index contributed by atoms with van der Waals surface area (Å²) in [5.41, 5.74) is 0.759. The molecule has 2 rings (SSSR count). The van der Waals surface area contributed by atoms with E-state index in [1.807, 2.05) is 0 Å². The topological polar surface area (TPSA) is 75.7 Å². The van der Waals surface area contributed by atoms with E-state index >= 15 is 0 Å². The molecule has 0 bridgehead atoms. The van der Waals surface area contributed by atoms with Gasteiger partial charge in [-0.05, 0) is 42.8 Å². The molecule has 0 spiro atoms. The van der Waals surface area contributed by atoms with Gasteiger partial charge in [-0.15, -0.1) is 0 Å². The molecule has 0 aliphatic carbocycles. The highest BCUT2D eigenvalue weighted by atomic mass is 35.5. The fourth-order valence-corrected chi connectivity index (χ4v) is 3.00. The van der Waals surface area contributed by atoms with Gasteiger partial charge in [0, 0.05) is 18.6 Å². The molecule has 29 heavy (non-hydrogen) atoms. The minimum Gasteiger partial charge on any atom is -0.451 e. The number of amides is 2. The van der Waals surface area contributed by atoms with Crippen molar-refractivity contribution in [1.29, 1.82) is 0 Å². The Balaban J connectivity index is 1.84. The van der Waals surface area contributed by atoms with Crippen LogP contribution in [0.1, 0.15) is 22.8 Å². The van der Waals surface area contributed by atoms with E-state index in [0.29, 0.717) is 10.6 Å². The van der Waals surface area contributed by atoms with Crippen LogP contribution in [0, 0.1) is 5.82 Å². The van der Waals surface area contributed by atoms with E-state index in [2.05, 4.69) is 5.32 Å². The highest BCUT2D eigenvalue weighted by Gasteiger charge is 2.22. The van der Waals surface area contributed by atoms with Gasteiger partial charge in [-0.25, -0.2) is 4.39 Å². The van der Waals surface area contributed by atoms with E-state index in [1.54, 1.807) is 12.1 Å². The Hall–Kier alpha value is -2.64. The molecule has 1 atom stereocenters. The second-order valence-corrected chi connectivity index (χ2v) is 7.11. The number of hydrogen-bond donors (Lipinski definition) is 1. The smallest absolute Gasteiger partial charge is 0.326 e. The van der Waals surface area contributed by atoms with Gasteiger partial charge >= 0.3 is 5.97 Å². The number of esters is 1. The number of rotatable bonds is 7. The summed E-state index contributed by atoms with van der Waals surface area (Å²) in [6.07, 6.45) is -1.07. The minimum atomic E-state index is -1.07. The first-order chi connectivity index (χ1) is 13.7. The number of likely N-dealkylation sites (N-methyl/N-ethyl adjacent to an activating group) is 1. The van der Waals surface area contributed by atoms with Crippen LogP contribution in [-0.4, -0.2) is 42.4 Å². The number of nitrogens with zero attached hydrogens (tertiary/aromatic N) is 1. The summed E-state index contributed by atoms with van der Waals surface area (Å²) in [6.45, 7) is 1.13. The first-order valence-electron chi connectivity index (χ1n) is 8.59. The average molecular weight is 441 g/mol. The lowest BCUT2D eigenvalue weighted by Gasteiger charge is -2.21. The van der Waals surface area contributed by atoms with E-state index in [9.17, 15) is 18.8 Å². The van der Waals surface area contributed by atoms with Gasteiger partial charge < -0.3 is 15.0 Å². The van der Waals surface area contributed by atoms with Crippen molar-refractivity contribution in [2.45, 2.75) is 19.6 Å². The Morgan fingerprint density at radius 1 is 1.17 bits per heavy atom. The van der Waals surface area contributed by atoms with Gasteiger partial charge in [0.1, 0.15) is 12.4 Å². The molecule has 2 aromatic carbocycles. The lowest BCUT2D eigenvalue weighted by atomic mass is 10.2. The third-order valence-electron chi connectivity index (χ3n) is 3.91. The number of carbonyl (C=O) groups excluding carboxylic acids is 3. The van der Waals surface area contributed by atoms with E-state index in [0.717, 1.165) is 0 Å². The molecule has 2 amide bonds. The molecular weight excluding hydrogens is 422 g/mol. The zero-order valence-electron chi connectivity index (χ0n) is 15.7. The summed E-state index contributed by atoms with van der Waals surface area (Å²) in [4.78, 5) is 37.7. The fourth-order valence-electron chi connectivity index (χ4n) is 2.51. The SMILES string of the molecule is CC(OC(=O)CNC(=O)c1ccc(Cl)cc1Cl)C(=O)N(C)Cc1cccc(F)c1. The number of halogens is 3. The maximum absolute atomic E-state index is 13.2. The van der Waals surface area contributed by atoms with Gasteiger partial charge in [0.15, 0.2) is 6.10 Å². The molecule has 0 fully saturated rings. The largest absolute Gasteiger partial charge is 0.451 e. The normalized spacial score (nSPS) is 11.5. The molecule has 154 valence electrons. The molecule has 0 aliphatic heterocycles. The van der Waals surface area contributed by atoms with Gasteiger partial charge in [0.05, 0.1) is 10.6 Å². The predicted octanol–water partition coefficient (Wildman–Crippen LogP) is 3.45. The summed E-state index contributed by atoms with van der Waals surface area (Å²) in [6, 6.07) is 10.2. The maximum Gasteiger partial charge on any atom is 0.326 e. The highest BCUT2D eigenvalue weighted by molar-refractivity contribution is 6.36. The summed E-state index contributed by atoms with van der Waals surface area (Å²) in [5.74, 6) is -2.23. The summed E-state index contributed by atoms with van der Waals surface area (Å²) < 4.78 is 18.3. The minimum absolute atomic E-state index is 0.144. The fraction of sp³-hybridized carbons (Fsp3) is 0.250. The zero-order valence-corrected chi connectivity index (χ0v) is 17.3. The monoisotopic (exact) mass is 440 g/mol. The van der Waals surface area contributed by atoms with E-state index in [1.165, 1.54) is 49.2 Å². The average Bonchev–Trinajstić information content (AvgIpc) is 2.65. The van der Waals surface area contributed by atoms with Crippen LogP contribution in [0.4, 0.5) is 4.39 Å². The van der Waals surface area contributed by atoms with Crippen molar-refractivity contribution in [1.82, 2.24) is 10.2 Å². The van der Waals surface area contributed by atoms with Gasteiger partial charge in [-0.1, -0.05) is 35.3 Å². The lowest BCUT2D eigenvalue weighted by molar-refractivity contribution is -0.157. The van der Waals surface area contributed by atoms with E-state index < -0.39 is 36.2 Å². The summed E-state index contributed by atoms with van der Waals surface area (Å²) >= 11 is 11.7. The molecule has 6 nitrogen and oxygen atoms in total. The Kier molecular flexibility index (Phi) is 7.99. The molecule has 2 aromatic rings. The van der Waals surface area contributed by atoms with Crippen LogP contribution in [0.15, 0.2) is 42.5 Å². The van der Waals surface area contributed by atoms with E-state index in [-0.39, 0.29) is 17.1 Å². The molecule has 0 aromatic heterocycles. The molecule has 9 heteroatoms. The molecule has 0 radical (unpaired) electrons. The summed E-state index contributed by atoms with van der Waals surface area (Å²) in [7, 11) is 1.52. The number of carbonyl (C=O) groups is 3. The number of nitrogens with one attached hydrogen (secondary N) is 1. The Labute approximate surface area is 177 Å². The molecule has 0 saturated heterocycles. The van der Waals surface area contributed by atoms with Gasteiger partial charge in [-0.2, -0.15) is 0 Å². The van der Waals surface area contributed by atoms with Crippen molar-refractivity contribution in [2.24, 2.45) is 0 Å². The molecule has 1 N–H and O–H groups in total. The predicted molar refractivity (Wildman–Crippen MR) is 107 cm³/mol. The van der Waals surface area contributed by atoms with Crippen molar-refractivity contribution < 1.29 is 23.5 Å². The number of benzene rings is 2. The van der Waals surface area contributed by atoms with Crippen molar-refractivity contribution in [3.05, 3.63) is 69.5 Å². The van der Waals surface area contributed by atoms with Crippen LogP contribution in [0.2, 0.25) is 10.0 Å². The highest BCUT2D eigenvalue weighted by Crippen LogP contribution is 2.20. The van der Waals surface area contributed by atoms with E-state index in [4.69, 9.17) is 27.9 Å². The van der Waals surface area contributed by atoms with Crippen LogP contribution in [0.5, 0.6) is 0 Å². The Morgan fingerprint density at radius 2 is 1.90 bits per heavy atom. The lowest BCUT2D eigenvalue weighted by Crippen LogP contribution is -2.39. The first kappa shape index (κ1) is 22.6. The van der Waals surface area contributed by atoms with Crippen molar-refractivity contribution >= 4 is 41.0 Å². The van der Waals surface area contributed by atoms with Crippen molar-refractivity contribution in [3.63, 3.8) is 0 Å². The zero-order chi connectivity index (χ0) is 21.6. The van der Waals surface area contributed by atoms with Crippen LogP contribution in [0.25, 0.3) is 0 Å². The van der Waals surface area contributed by atoms with Crippen LogP contribution in [0.3, 0.4) is 0 Å². The van der Waals surface area contributed by atoms with Gasteiger partial charge in [0.25, 0.3) is 11.8 Å². The maximum atomic E-state index is 13.2.